The number of nitrogens with one attached hydrogen (secondary N) is 1. The summed E-state index contributed by atoms with van der Waals surface area (Å²) < 4.78 is 12.8. The molecular formula is C16H10FN3O6. The molecule has 3 aromatic rings. The molecule has 1 amide bonds. The van der Waals surface area contributed by atoms with Crippen molar-refractivity contribution < 1.29 is 24.4 Å². The number of carbonyl (C=O) groups excluding carboxylic acids is 1. The van der Waals surface area contributed by atoms with Gasteiger partial charge in [-0.25, -0.2) is 4.39 Å². The first kappa shape index (κ1) is 16.9. The summed E-state index contributed by atoms with van der Waals surface area (Å²) in [5.74, 6) is -2.46. The van der Waals surface area contributed by atoms with E-state index in [2.05, 4.69) is 5.32 Å². The Labute approximate surface area is 143 Å². The third-order valence-electron chi connectivity index (χ3n) is 3.66. The number of hydrogen-bond donors (Lipinski definition) is 3. The van der Waals surface area contributed by atoms with Crippen LogP contribution in [0.4, 0.5) is 15.8 Å². The zero-order valence-electron chi connectivity index (χ0n) is 12.8. The minimum absolute atomic E-state index is 0.0944. The number of nitrogens with zero attached hydrogens (tertiary/aromatic N) is 2. The third kappa shape index (κ3) is 2.79. The molecule has 0 saturated heterocycles. The average Bonchev–Trinajstić information content (AvgIpc) is 2.61. The average molecular weight is 359 g/mol. The monoisotopic (exact) mass is 359 g/mol. The Hall–Kier alpha value is -3.95. The van der Waals surface area contributed by atoms with Gasteiger partial charge in [-0.2, -0.15) is 0 Å². The Morgan fingerprint density at radius 1 is 1.15 bits per heavy atom. The molecule has 132 valence electrons. The number of nitro benzene ring substituents is 1. The summed E-state index contributed by atoms with van der Waals surface area (Å²) in [6.45, 7) is 0. The largest absolute Gasteiger partial charge is 0.492 e. The fourth-order valence-corrected chi connectivity index (χ4v) is 2.43. The van der Waals surface area contributed by atoms with Crippen LogP contribution >= 0.6 is 0 Å². The number of non-ortho nitro benzene ring substituents is 1. The van der Waals surface area contributed by atoms with Crippen LogP contribution in [0.2, 0.25) is 0 Å². The van der Waals surface area contributed by atoms with E-state index >= 15 is 0 Å². The Balaban J connectivity index is 2.18. The van der Waals surface area contributed by atoms with E-state index in [0.717, 1.165) is 30.3 Å². The number of aromatic nitrogens is 1. The summed E-state index contributed by atoms with van der Waals surface area (Å²) in [5, 5.41) is 32.5. The Morgan fingerprint density at radius 3 is 2.42 bits per heavy atom. The summed E-state index contributed by atoms with van der Waals surface area (Å²) in [4.78, 5) is 34.7. The lowest BCUT2D eigenvalue weighted by molar-refractivity contribution is -0.384. The molecule has 3 N–H and O–H groups in total. The number of carbonyl (C=O) groups is 1. The van der Waals surface area contributed by atoms with E-state index in [0.29, 0.717) is 0 Å². The Kier molecular flexibility index (Phi) is 4.01. The SMILES string of the molecule is O=C(Nc1ccc(F)cc1)c1c(O)n(O)c(=O)c2cc([N+](=O)[O-])ccc12. The van der Waals surface area contributed by atoms with Gasteiger partial charge in [-0.1, -0.05) is 0 Å². The van der Waals surface area contributed by atoms with E-state index in [4.69, 9.17) is 0 Å². The molecule has 26 heavy (non-hydrogen) atoms. The highest BCUT2D eigenvalue weighted by Crippen LogP contribution is 2.27. The van der Waals surface area contributed by atoms with E-state index in [1.165, 1.54) is 12.1 Å². The van der Waals surface area contributed by atoms with Gasteiger partial charge >= 0.3 is 0 Å². The quantitative estimate of drug-likeness (QED) is 0.373. The lowest BCUT2D eigenvalue weighted by Gasteiger charge is -2.11. The molecule has 3 rings (SSSR count). The summed E-state index contributed by atoms with van der Waals surface area (Å²) in [7, 11) is 0. The van der Waals surface area contributed by atoms with Crippen LogP contribution in [0.3, 0.4) is 0 Å². The predicted molar refractivity (Wildman–Crippen MR) is 88.1 cm³/mol. The van der Waals surface area contributed by atoms with Crippen LogP contribution in [0.1, 0.15) is 10.4 Å². The van der Waals surface area contributed by atoms with E-state index in [1.807, 2.05) is 0 Å². The van der Waals surface area contributed by atoms with E-state index in [1.54, 1.807) is 0 Å². The van der Waals surface area contributed by atoms with Gasteiger partial charge in [-0.05, 0) is 30.3 Å². The van der Waals surface area contributed by atoms with Gasteiger partial charge in [0.05, 0.1) is 10.3 Å². The van der Waals surface area contributed by atoms with Gasteiger partial charge in [0, 0.05) is 23.2 Å². The maximum Gasteiger partial charge on any atom is 0.294 e. The van der Waals surface area contributed by atoms with Gasteiger partial charge in [0.1, 0.15) is 11.4 Å². The highest BCUT2D eigenvalue weighted by Gasteiger charge is 2.23. The number of anilines is 1. The Bertz CT molecular complexity index is 1110. The molecule has 1 aromatic heterocycles. The number of nitro groups is 1. The molecule has 9 nitrogen and oxygen atoms in total. The molecule has 0 unspecified atom stereocenters. The first-order chi connectivity index (χ1) is 12.3. The molecule has 0 aliphatic heterocycles. The summed E-state index contributed by atoms with van der Waals surface area (Å²) in [6, 6.07) is 7.80. The van der Waals surface area contributed by atoms with E-state index in [-0.39, 0.29) is 21.2 Å². The smallest absolute Gasteiger partial charge is 0.294 e. The van der Waals surface area contributed by atoms with Crippen molar-refractivity contribution in [2.45, 2.75) is 0 Å². The van der Waals surface area contributed by atoms with Gasteiger partial charge in [0.2, 0.25) is 5.88 Å². The molecule has 1 heterocycles. The van der Waals surface area contributed by atoms with Crippen molar-refractivity contribution in [3.63, 3.8) is 0 Å². The second kappa shape index (κ2) is 6.16. The number of benzene rings is 2. The molecule has 0 aliphatic carbocycles. The van der Waals surface area contributed by atoms with Crippen molar-refractivity contribution >= 4 is 28.1 Å². The second-order valence-corrected chi connectivity index (χ2v) is 5.26. The number of hydrogen-bond acceptors (Lipinski definition) is 6. The van der Waals surface area contributed by atoms with Crippen LogP contribution in [-0.4, -0.2) is 25.9 Å². The van der Waals surface area contributed by atoms with Crippen LogP contribution in [0, 0.1) is 15.9 Å². The summed E-state index contributed by atoms with van der Waals surface area (Å²) in [5.41, 5.74) is -1.83. The number of fused-ring (bicyclic) bond motifs is 1. The van der Waals surface area contributed by atoms with Crippen molar-refractivity contribution in [1.82, 2.24) is 4.73 Å². The fraction of sp³-hybridized carbons (Fsp3) is 0. The number of pyridine rings is 1. The highest BCUT2D eigenvalue weighted by molar-refractivity contribution is 6.14. The molecule has 0 aliphatic rings. The number of rotatable bonds is 3. The van der Waals surface area contributed by atoms with Gasteiger partial charge in [0.15, 0.2) is 0 Å². The standard InChI is InChI=1S/C16H10FN3O6/c17-8-1-3-9(4-2-8)18-14(21)13-11-6-5-10(20(25)26)7-12(11)15(22)19(24)16(13)23/h1-7,23-24H,(H,18,21). The van der Waals surface area contributed by atoms with Crippen molar-refractivity contribution in [3.8, 4) is 5.88 Å². The van der Waals surface area contributed by atoms with Crippen LogP contribution in [0.25, 0.3) is 10.8 Å². The molecular weight excluding hydrogens is 349 g/mol. The number of halogens is 1. The maximum atomic E-state index is 12.9. The summed E-state index contributed by atoms with van der Waals surface area (Å²) in [6.07, 6.45) is 0. The maximum absolute atomic E-state index is 12.9. The molecule has 0 bridgehead atoms. The zero-order chi connectivity index (χ0) is 19.0. The molecule has 2 aromatic carbocycles. The fourth-order valence-electron chi connectivity index (χ4n) is 2.43. The predicted octanol–water partition coefficient (Wildman–Crippen LogP) is 2.24. The second-order valence-electron chi connectivity index (χ2n) is 5.26. The molecule has 0 radical (unpaired) electrons. The molecule has 0 fully saturated rings. The van der Waals surface area contributed by atoms with Crippen LogP contribution < -0.4 is 10.9 Å². The summed E-state index contributed by atoms with van der Waals surface area (Å²) >= 11 is 0. The van der Waals surface area contributed by atoms with Gasteiger partial charge in [0.25, 0.3) is 17.2 Å². The first-order valence-corrected chi connectivity index (χ1v) is 7.12. The minimum Gasteiger partial charge on any atom is -0.492 e. The minimum atomic E-state index is -1.13. The van der Waals surface area contributed by atoms with Crippen molar-refractivity contribution in [1.29, 1.82) is 0 Å². The van der Waals surface area contributed by atoms with Crippen LogP contribution in [0.15, 0.2) is 47.3 Å². The van der Waals surface area contributed by atoms with Crippen molar-refractivity contribution in [2.75, 3.05) is 5.32 Å². The number of amides is 1. The molecule has 0 spiro atoms. The first-order valence-electron chi connectivity index (χ1n) is 7.12. The topological polar surface area (TPSA) is 135 Å². The van der Waals surface area contributed by atoms with Crippen LogP contribution in [-0.2, 0) is 0 Å². The lowest BCUT2D eigenvalue weighted by atomic mass is 10.1. The van der Waals surface area contributed by atoms with Gasteiger partial charge < -0.3 is 15.6 Å². The highest BCUT2D eigenvalue weighted by atomic mass is 19.1. The lowest BCUT2D eigenvalue weighted by Crippen LogP contribution is -2.23. The molecule has 0 saturated carbocycles. The van der Waals surface area contributed by atoms with Crippen molar-refractivity contribution in [2.24, 2.45) is 0 Å². The number of aromatic hydroxyl groups is 1. The van der Waals surface area contributed by atoms with Gasteiger partial charge in [-0.15, -0.1) is 4.73 Å². The molecule has 0 atom stereocenters. The normalized spacial score (nSPS) is 10.7. The van der Waals surface area contributed by atoms with Crippen molar-refractivity contribution in [3.05, 3.63) is 74.3 Å². The van der Waals surface area contributed by atoms with E-state index in [9.17, 15) is 34.4 Å². The molecule has 10 heteroatoms. The Morgan fingerprint density at radius 2 is 1.81 bits per heavy atom. The van der Waals surface area contributed by atoms with Crippen LogP contribution in [0.5, 0.6) is 5.88 Å². The van der Waals surface area contributed by atoms with E-state index < -0.39 is 39.3 Å². The third-order valence-corrected chi connectivity index (χ3v) is 3.66. The van der Waals surface area contributed by atoms with Gasteiger partial charge in [-0.3, -0.25) is 19.7 Å². The zero-order valence-corrected chi connectivity index (χ0v) is 12.8.